The van der Waals surface area contributed by atoms with Crippen molar-refractivity contribution in [2.75, 3.05) is 14.2 Å². The Kier molecular flexibility index (Phi) is 3.50. The summed E-state index contributed by atoms with van der Waals surface area (Å²) in [4.78, 5) is 12.3. The lowest BCUT2D eigenvalue weighted by atomic mass is 10.1. The quantitative estimate of drug-likeness (QED) is 0.739. The molecule has 0 spiro atoms. The zero-order valence-electron chi connectivity index (χ0n) is 11.9. The van der Waals surface area contributed by atoms with Crippen LogP contribution in [0.2, 0.25) is 0 Å². The smallest absolute Gasteiger partial charge is 0.334 e. The molecular formula is C16H16N2O3. The van der Waals surface area contributed by atoms with E-state index in [1.54, 1.807) is 31.0 Å². The van der Waals surface area contributed by atoms with Crippen LogP contribution in [0.1, 0.15) is 0 Å². The van der Waals surface area contributed by atoms with E-state index in [1.807, 2.05) is 36.4 Å². The van der Waals surface area contributed by atoms with Crippen LogP contribution in [-0.2, 0) is 11.5 Å². The summed E-state index contributed by atoms with van der Waals surface area (Å²) in [5.41, 5.74) is 2.81. The van der Waals surface area contributed by atoms with E-state index in [1.165, 1.54) is 4.57 Å². The van der Waals surface area contributed by atoms with Gasteiger partial charge in [-0.15, -0.1) is 0 Å². The Labute approximate surface area is 122 Å². The van der Waals surface area contributed by atoms with E-state index in [0.29, 0.717) is 0 Å². The number of hydrogen-bond donors (Lipinski definition) is 0. The second-order valence-electron chi connectivity index (χ2n) is 4.70. The summed E-state index contributed by atoms with van der Waals surface area (Å²) in [7, 11) is 3.20. The number of aromatic nitrogens is 2. The van der Waals surface area contributed by atoms with Crippen molar-refractivity contribution >= 4 is 5.52 Å². The van der Waals surface area contributed by atoms with Crippen LogP contribution in [-0.4, -0.2) is 23.2 Å². The van der Waals surface area contributed by atoms with E-state index in [0.717, 1.165) is 22.4 Å². The minimum absolute atomic E-state index is 0.117. The monoisotopic (exact) mass is 284 g/mol. The number of hydrogen-bond acceptors (Lipinski definition) is 3. The zero-order valence-corrected chi connectivity index (χ0v) is 11.9. The Hall–Kier alpha value is -2.53. The number of ether oxygens (including phenoxy) is 2. The Morgan fingerprint density at radius 1 is 1.00 bits per heavy atom. The molecular weight excluding hydrogens is 268 g/mol. The molecule has 0 aliphatic rings. The third-order valence-corrected chi connectivity index (χ3v) is 3.46. The van der Waals surface area contributed by atoms with E-state index >= 15 is 0 Å². The van der Waals surface area contributed by atoms with E-state index < -0.39 is 0 Å². The molecule has 0 unspecified atom stereocenters. The van der Waals surface area contributed by atoms with Gasteiger partial charge in [0.05, 0.1) is 12.6 Å². The molecule has 0 radical (unpaired) electrons. The van der Waals surface area contributed by atoms with Crippen molar-refractivity contribution in [1.82, 2.24) is 8.97 Å². The average Bonchev–Trinajstić information content (AvgIpc) is 2.95. The highest BCUT2D eigenvalue weighted by Crippen LogP contribution is 2.26. The number of rotatable bonds is 4. The van der Waals surface area contributed by atoms with Crippen LogP contribution >= 0.6 is 0 Å². The average molecular weight is 284 g/mol. The van der Waals surface area contributed by atoms with Crippen molar-refractivity contribution in [2.24, 2.45) is 0 Å². The van der Waals surface area contributed by atoms with Crippen LogP contribution in [0.3, 0.4) is 0 Å². The first kappa shape index (κ1) is 13.5. The normalized spacial score (nSPS) is 11.0. The Morgan fingerprint density at radius 2 is 1.76 bits per heavy atom. The van der Waals surface area contributed by atoms with Crippen molar-refractivity contribution in [1.29, 1.82) is 0 Å². The van der Waals surface area contributed by atoms with Crippen LogP contribution in [0.25, 0.3) is 16.6 Å². The molecule has 0 fully saturated rings. The first-order valence-corrected chi connectivity index (χ1v) is 6.58. The van der Waals surface area contributed by atoms with Gasteiger partial charge in [-0.1, -0.05) is 12.1 Å². The number of nitrogens with zero attached hydrogens (tertiary/aromatic N) is 2. The Morgan fingerprint density at radius 3 is 2.43 bits per heavy atom. The summed E-state index contributed by atoms with van der Waals surface area (Å²) in [6, 6.07) is 11.6. The van der Waals surface area contributed by atoms with Gasteiger partial charge in [0.1, 0.15) is 12.5 Å². The van der Waals surface area contributed by atoms with Gasteiger partial charge in [0.25, 0.3) is 0 Å². The van der Waals surface area contributed by atoms with Gasteiger partial charge < -0.3 is 9.47 Å². The first-order chi connectivity index (χ1) is 10.2. The van der Waals surface area contributed by atoms with Crippen molar-refractivity contribution in [3.05, 3.63) is 59.3 Å². The third-order valence-electron chi connectivity index (χ3n) is 3.46. The molecule has 3 aromatic rings. The van der Waals surface area contributed by atoms with E-state index in [9.17, 15) is 4.79 Å². The van der Waals surface area contributed by atoms with E-state index in [-0.39, 0.29) is 12.4 Å². The molecule has 2 aromatic heterocycles. The highest BCUT2D eigenvalue weighted by Gasteiger charge is 2.08. The predicted molar refractivity (Wildman–Crippen MR) is 80.7 cm³/mol. The lowest BCUT2D eigenvalue weighted by Gasteiger charge is -2.06. The SMILES string of the molecule is COCn1ccc2c(-c3ccc(OC)cc3)ccn2c1=O. The van der Waals surface area contributed by atoms with Crippen molar-refractivity contribution in [3.63, 3.8) is 0 Å². The fourth-order valence-corrected chi connectivity index (χ4v) is 2.40. The maximum atomic E-state index is 12.3. The maximum Gasteiger partial charge on any atom is 0.334 e. The summed E-state index contributed by atoms with van der Waals surface area (Å²) < 4.78 is 13.3. The van der Waals surface area contributed by atoms with Gasteiger partial charge in [0.2, 0.25) is 0 Å². The molecule has 1 aromatic carbocycles. The summed E-state index contributed by atoms with van der Waals surface area (Å²) in [6.07, 6.45) is 3.53. The van der Waals surface area contributed by atoms with Crippen LogP contribution in [0, 0.1) is 0 Å². The molecule has 108 valence electrons. The number of methoxy groups -OCH3 is 2. The van der Waals surface area contributed by atoms with Crippen molar-refractivity contribution in [2.45, 2.75) is 6.73 Å². The van der Waals surface area contributed by atoms with Crippen LogP contribution in [0.5, 0.6) is 5.75 Å². The van der Waals surface area contributed by atoms with Gasteiger partial charge in [-0.05, 0) is 29.8 Å². The Balaban J connectivity index is 2.11. The highest BCUT2D eigenvalue weighted by atomic mass is 16.5. The first-order valence-electron chi connectivity index (χ1n) is 6.58. The lowest BCUT2D eigenvalue weighted by Crippen LogP contribution is -2.25. The van der Waals surface area contributed by atoms with Gasteiger partial charge in [-0.3, -0.25) is 8.97 Å². The molecule has 0 saturated carbocycles. The molecule has 5 heteroatoms. The highest BCUT2D eigenvalue weighted by molar-refractivity contribution is 5.80. The minimum atomic E-state index is -0.117. The maximum absolute atomic E-state index is 12.3. The van der Waals surface area contributed by atoms with Gasteiger partial charge in [-0.25, -0.2) is 4.79 Å². The van der Waals surface area contributed by atoms with Crippen LogP contribution < -0.4 is 10.4 Å². The zero-order chi connectivity index (χ0) is 14.8. The lowest BCUT2D eigenvalue weighted by molar-refractivity contribution is 0.126. The predicted octanol–water partition coefficient (Wildman–Crippen LogP) is 2.38. The van der Waals surface area contributed by atoms with E-state index in [4.69, 9.17) is 9.47 Å². The molecule has 0 aliphatic carbocycles. The number of benzene rings is 1. The van der Waals surface area contributed by atoms with Gasteiger partial charge in [0, 0.05) is 25.1 Å². The second kappa shape index (κ2) is 5.46. The molecule has 0 amide bonds. The molecule has 0 bridgehead atoms. The largest absolute Gasteiger partial charge is 0.497 e. The van der Waals surface area contributed by atoms with Gasteiger partial charge in [0.15, 0.2) is 0 Å². The van der Waals surface area contributed by atoms with Gasteiger partial charge >= 0.3 is 5.69 Å². The third kappa shape index (κ3) is 2.32. The topological polar surface area (TPSA) is 44.9 Å². The number of fused-ring (bicyclic) bond motifs is 1. The molecule has 21 heavy (non-hydrogen) atoms. The fraction of sp³-hybridized carbons (Fsp3) is 0.188. The second-order valence-corrected chi connectivity index (χ2v) is 4.70. The summed E-state index contributed by atoms with van der Waals surface area (Å²) in [6.45, 7) is 0.241. The fourth-order valence-electron chi connectivity index (χ4n) is 2.40. The molecule has 0 aliphatic heterocycles. The molecule has 3 rings (SSSR count). The van der Waals surface area contributed by atoms with Crippen LogP contribution in [0.15, 0.2) is 53.6 Å². The minimum Gasteiger partial charge on any atom is -0.497 e. The molecule has 5 nitrogen and oxygen atoms in total. The summed E-state index contributed by atoms with van der Waals surface area (Å²) >= 11 is 0. The standard InChI is InChI=1S/C16H16N2O3/c1-20-11-17-9-8-15-14(7-10-18(15)16(17)19)12-3-5-13(21-2)6-4-12/h3-10H,11H2,1-2H3. The summed E-state index contributed by atoms with van der Waals surface area (Å²) in [5.74, 6) is 0.810. The molecule has 0 N–H and O–H groups in total. The Bertz CT molecular complexity index is 816. The summed E-state index contributed by atoms with van der Waals surface area (Å²) in [5, 5.41) is 0. The van der Waals surface area contributed by atoms with Crippen molar-refractivity contribution in [3.8, 4) is 16.9 Å². The molecule has 0 saturated heterocycles. The molecule has 2 heterocycles. The molecule has 0 atom stereocenters. The van der Waals surface area contributed by atoms with Gasteiger partial charge in [-0.2, -0.15) is 0 Å². The van der Waals surface area contributed by atoms with Crippen LogP contribution in [0.4, 0.5) is 0 Å². The van der Waals surface area contributed by atoms with E-state index in [2.05, 4.69) is 0 Å². The van der Waals surface area contributed by atoms with Crippen molar-refractivity contribution < 1.29 is 9.47 Å².